The van der Waals surface area contributed by atoms with Crippen LogP contribution in [0.15, 0.2) is 168 Å². The fourth-order valence-corrected chi connectivity index (χ4v) is 7.04. The number of para-hydroxylation sites is 2. The zero-order valence-electron chi connectivity index (χ0n) is 26.3. The maximum absolute atomic E-state index is 6.13. The third kappa shape index (κ3) is 4.65. The van der Waals surface area contributed by atoms with Crippen LogP contribution in [0.1, 0.15) is 0 Å². The maximum Gasteiger partial charge on any atom is 0.135 e. The molecule has 0 fully saturated rings. The van der Waals surface area contributed by atoms with Crippen LogP contribution in [-0.4, -0.2) is 15.0 Å². The fraction of sp³-hybridized carbons (Fsp3) is 0. The number of rotatable bonds is 4. The Morgan fingerprint density at radius 3 is 2.06 bits per heavy atom. The van der Waals surface area contributed by atoms with Crippen molar-refractivity contribution in [1.29, 1.82) is 0 Å². The van der Waals surface area contributed by atoms with Gasteiger partial charge in [0, 0.05) is 56.0 Å². The highest BCUT2D eigenvalue weighted by molar-refractivity contribution is 6.07. The summed E-state index contributed by atoms with van der Waals surface area (Å²) in [6.07, 6.45) is 3.96. The lowest BCUT2D eigenvalue weighted by Crippen LogP contribution is -1.92. The molecule has 49 heavy (non-hydrogen) atoms. The van der Waals surface area contributed by atoms with Gasteiger partial charge in [0.2, 0.25) is 0 Å². The van der Waals surface area contributed by atoms with Gasteiger partial charge in [-0.05, 0) is 70.8 Å². The summed E-state index contributed by atoms with van der Waals surface area (Å²) >= 11 is 0. The van der Waals surface area contributed by atoms with E-state index in [2.05, 4.69) is 115 Å². The quantitative estimate of drug-likeness (QED) is 0.183. The van der Waals surface area contributed by atoms with E-state index < -0.39 is 0 Å². The molecular formula is C45H27N3O. The molecule has 4 aromatic heterocycles. The average Bonchev–Trinajstić information content (AvgIpc) is 3.55. The van der Waals surface area contributed by atoms with E-state index in [9.17, 15) is 0 Å². The Labute approximate surface area is 282 Å². The van der Waals surface area contributed by atoms with Crippen molar-refractivity contribution < 1.29 is 4.42 Å². The largest absolute Gasteiger partial charge is 0.456 e. The van der Waals surface area contributed by atoms with Crippen molar-refractivity contribution in [2.75, 3.05) is 0 Å². The van der Waals surface area contributed by atoms with E-state index in [4.69, 9.17) is 19.4 Å². The predicted molar refractivity (Wildman–Crippen MR) is 201 cm³/mol. The number of furan rings is 1. The van der Waals surface area contributed by atoms with Crippen molar-refractivity contribution in [1.82, 2.24) is 15.0 Å². The van der Waals surface area contributed by atoms with E-state index in [1.165, 1.54) is 0 Å². The van der Waals surface area contributed by atoms with Crippen molar-refractivity contribution in [2.24, 2.45) is 0 Å². The van der Waals surface area contributed by atoms with E-state index in [1.54, 1.807) is 0 Å². The second-order valence-corrected chi connectivity index (χ2v) is 12.5. The third-order valence-corrected chi connectivity index (χ3v) is 9.52. The van der Waals surface area contributed by atoms with Crippen LogP contribution >= 0.6 is 0 Å². The zero-order valence-corrected chi connectivity index (χ0v) is 26.3. The minimum Gasteiger partial charge on any atom is -0.456 e. The molecule has 10 rings (SSSR count). The Morgan fingerprint density at radius 2 is 1.10 bits per heavy atom. The van der Waals surface area contributed by atoms with Gasteiger partial charge in [-0.2, -0.15) is 0 Å². The molecule has 228 valence electrons. The molecule has 6 aromatic carbocycles. The first-order valence-electron chi connectivity index (χ1n) is 16.4. The first kappa shape index (κ1) is 27.5. The Hall–Kier alpha value is -6.65. The molecule has 0 atom stereocenters. The summed E-state index contributed by atoms with van der Waals surface area (Å²) in [5.41, 5.74) is 13.1. The Bertz CT molecular complexity index is 2890. The van der Waals surface area contributed by atoms with Crippen molar-refractivity contribution in [3.8, 4) is 44.6 Å². The zero-order chi connectivity index (χ0) is 32.3. The molecule has 0 saturated carbocycles. The summed E-state index contributed by atoms with van der Waals surface area (Å²) in [6.45, 7) is 0. The first-order valence-corrected chi connectivity index (χ1v) is 16.4. The van der Waals surface area contributed by atoms with Crippen molar-refractivity contribution in [2.45, 2.75) is 0 Å². The number of nitrogens with zero attached hydrogens (tertiary/aromatic N) is 3. The highest BCUT2D eigenvalue weighted by Gasteiger charge is 2.15. The SMILES string of the molecule is c1ccc(-c2ccc3ccc4cc(-c5ccc(-c6ccc7oc8ccccc8c7c6)cc5-c5cnc6ccccc6c5)cnc4c3n2)cc1. The number of hydrogen-bond acceptors (Lipinski definition) is 4. The summed E-state index contributed by atoms with van der Waals surface area (Å²) in [5, 5.41) is 5.45. The van der Waals surface area contributed by atoms with E-state index >= 15 is 0 Å². The molecule has 10 aromatic rings. The summed E-state index contributed by atoms with van der Waals surface area (Å²) in [4.78, 5) is 15.0. The van der Waals surface area contributed by atoms with E-state index in [0.717, 1.165) is 99.3 Å². The summed E-state index contributed by atoms with van der Waals surface area (Å²) in [6, 6.07) is 52.9. The standard InChI is InChI=1S/C45H27N3O/c1-2-8-28(9-3-1)41-20-17-29-14-15-33-23-34(27-47-44(33)45(29)48-41)36-19-16-30(24-38(36)35-22-32-10-4-6-12-40(32)46-26-35)31-18-21-43-39(25-31)37-11-5-7-13-42(37)49-43/h1-27H. The minimum absolute atomic E-state index is 0.890. The second-order valence-electron chi connectivity index (χ2n) is 12.5. The molecule has 0 spiro atoms. The normalized spacial score (nSPS) is 11.7. The Morgan fingerprint density at radius 1 is 0.388 bits per heavy atom. The topological polar surface area (TPSA) is 51.8 Å². The lowest BCUT2D eigenvalue weighted by atomic mass is 9.91. The van der Waals surface area contributed by atoms with E-state index in [0.29, 0.717) is 0 Å². The van der Waals surface area contributed by atoms with Gasteiger partial charge in [0.1, 0.15) is 11.2 Å². The number of benzene rings is 6. The van der Waals surface area contributed by atoms with E-state index in [-0.39, 0.29) is 0 Å². The van der Waals surface area contributed by atoms with Gasteiger partial charge in [-0.1, -0.05) is 103 Å². The van der Waals surface area contributed by atoms with Gasteiger partial charge < -0.3 is 4.42 Å². The van der Waals surface area contributed by atoms with Crippen molar-refractivity contribution in [3.05, 3.63) is 164 Å². The predicted octanol–water partition coefficient (Wildman–Crippen LogP) is 11.9. The number of aromatic nitrogens is 3. The van der Waals surface area contributed by atoms with Crippen LogP contribution in [0.2, 0.25) is 0 Å². The highest BCUT2D eigenvalue weighted by Crippen LogP contribution is 2.39. The molecule has 0 aliphatic heterocycles. The van der Waals surface area contributed by atoms with Crippen molar-refractivity contribution in [3.63, 3.8) is 0 Å². The van der Waals surface area contributed by atoms with Gasteiger partial charge in [0.25, 0.3) is 0 Å². The van der Waals surface area contributed by atoms with Crippen LogP contribution in [0.4, 0.5) is 0 Å². The molecule has 0 saturated heterocycles. The fourth-order valence-electron chi connectivity index (χ4n) is 7.04. The molecule has 0 aliphatic rings. The molecular weight excluding hydrogens is 599 g/mol. The third-order valence-electron chi connectivity index (χ3n) is 9.52. The van der Waals surface area contributed by atoms with Crippen LogP contribution in [0.3, 0.4) is 0 Å². The van der Waals surface area contributed by atoms with Crippen LogP contribution < -0.4 is 0 Å². The Balaban J connectivity index is 1.14. The van der Waals surface area contributed by atoms with Gasteiger partial charge in [0.05, 0.1) is 22.2 Å². The van der Waals surface area contributed by atoms with E-state index in [1.807, 2.05) is 48.8 Å². The maximum atomic E-state index is 6.13. The molecule has 4 heteroatoms. The Kier molecular flexibility index (Phi) is 6.15. The monoisotopic (exact) mass is 625 g/mol. The van der Waals surface area contributed by atoms with Gasteiger partial charge >= 0.3 is 0 Å². The summed E-state index contributed by atoms with van der Waals surface area (Å²) in [7, 11) is 0. The van der Waals surface area contributed by atoms with Gasteiger partial charge in [-0.15, -0.1) is 0 Å². The summed E-state index contributed by atoms with van der Waals surface area (Å²) in [5.74, 6) is 0. The highest BCUT2D eigenvalue weighted by atomic mass is 16.3. The minimum atomic E-state index is 0.890. The molecule has 0 unspecified atom stereocenters. The molecule has 4 heterocycles. The molecule has 0 bridgehead atoms. The van der Waals surface area contributed by atoms with Crippen molar-refractivity contribution >= 4 is 54.6 Å². The first-order chi connectivity index (χ1) is 24.2. The van der Waals surface area contributed by atoms with Crippen LogP contribution in [0.25, 0.3) is 99.3 Å². The smallest absolute Gasteiger partial charge is 0.135 e. The van der Waals surface area contributed by atoms with Gasteiger partial charge in [-0.25, -0.2) is 4.98 Å². The molecule has 0 radical (unpaired) electrons. The number of hydrogen-bond donors (Lipinski definition) is 0. The van der Waals surface area contributed by atoms with Gasteiger partial charge in [0.15, 0.2) is 0 Å². The van der Waals surface area contributed by atoms with Crippen LogP contribution in [-0.2, 0) is 0 Å². The molecule has 0 aliphatic carbocycles. The lowest BCUT2D eigenvalue weighted by molar-refractivity contribution is 0.669. The number of pyridine rings is 3. The summed E-state index contributed by atoms with van der Waals surface area (Å²) < 4.78 is 6.13. The molecule has 0 N–H and O–H groups in total. The molecule has 0 amide bonds. The van der Waals surface area contributed by atoms with Crippen LogP contribution in [0, 0.1) is 0 Å². The van der Waals surface area contributed by atoms with Gasteiger partial charge in [-0.3, -0.25) is 9.97 Å². The average molecular weight is 626 g/mol. The molecule has 4 nitrogen and oxygen atoms in total. The van der Waals surface area contributed by atoms with Crippen LogP contribution in [0.5, 0.6) is 0 Å². The lowest BCUT2D eigenvalue weighted by Gasteiger charge is -2.14. The second kappa shape index (κ2) is 11.0. The number of fused-ring (bicyclic) bond motifs is 7.